The SMILES string of the molecule is O=C(OC[C@H]1OC(OC(=O)c2cc(O)c(O)c(O)c2)[C@H](OC(=O)c2cc(O)c(O)c(O)c2)[C@@H](OC(=O)c2cc(O)c(O)c(O)c2)C1OC(=O)c1cc(O)c(O)c(O)c1)c1cc(O)c(O)c(O)c1. The molecule has 5 aromatic carbocycles. The van der Waals surface area contributed by atoms with Crippen LogP contribution in [0.2, 0.25) is 0 Å². The van der Waals surface area contributed by atoms with Crippen LogP contribution in [0.4, 0.5) is 0 Å². The molecule has 0 radical (unpaired) electrons. The minimum absolute atomic E-state index is 0.534. The molecular weight excluding hydrogens is 908 g/mol. The Bertz CT molecular complexity index is 2720. The molecule has 0 amide bonds. The molecule has 1 heterocycles. The molecule has 26 heteroatoms. The Labute approximate surface area is 370 Å². The summed E-state index contributed by atoms with van der Waals surface area (Å²) < 4.78 is 33.2. The van der Waals surface area contributed by atoms with E-state index in [9.17, 15) is 101 Å². The van der Waals surface area contributed by atoms with Gasteiger partial charge in [0, 0.05) is 0 Å². The summed E-state index contributed by atoms with van der Waals surface area (Å²) in [5.74, 6) is -24.5. The van der Waals surface area contributed by atoms with Gasteiger partial charge in [0.15, 0.2) is 98.5 Å². The van der Waals surface area contributed by atoms with Gasteiger partial charge in [-0.1, -0.05) is 0 Å². The molecule has 0 spiro atoms. The fraction of sp³-hybridized carbons (Fsp3) is 0.146. The molecule has 5 atom stereocenters. The van der Waals surface area contributed by atoms with E-state index in [4.69, 9.17) is 28.4 Å². The number of phenolic OH excluding ortho intramolecular Hbond substituents is 15. The van der Waals surface area contributed by atoms with Crippen molar-refractivity contribution in [3.8, 4) is 86.2 Å². The molecule has 0 aromatic heterocycles. The normalized spacial score (nSPS) is 17.7. The van der Waals surface area contributed by atoms with Crippen molar-refractivity contribution in [1.29, 1.82) is 0 Å². The van der Waals surface area contributed by atoms with E-state index < -0.39 is 181 Å². The number of carbonyl (C=O) groups excluding carboxylic acids is 5. The molecule has 15 N–H and O–H groups in total. The van der Waals surface area contributed by atoms with Gasteiger partial charge in [-0.3, -0.25) is 0 Å². The zero-order valence-corrected chi connectivity index (χ0v) is 33.1. The molecule has 352 valence electrons. The lowest BCUT2D eigenvalue weighted by Gasteiger charge is -2.43. The average Bonchev–Trinajstić information content (AvgIpc) is 3.27. The molecule has 2 unspecified atom stereocenters. The Hall–Kier alpha value is -9.59. The Balaban J connectivity index is 1.52. The van der Waals surface area contributed by atoms with Crippen molar-refractivity contribution < 1.29 is 129 Å². The van der Waals surface area contributed by atoms with Crippen LogP contribution in [0.1, 0.15) is 51.8 Å². The van der Waals surface area contributed by atoms with E-state index in [0.29, 0.717) is 60.7 Å². The second kappa shape index (κ2) is 18.3. The molecule has 1 aliphatic rings. The van der Waals surface area contributed by atoms with Gasteiger partial charge in [0.05, 0.1) is 27.8 Å². The van der Waals surface area contributed by atoms with Crippen LogP contribution in [0.5, 0.6) is 86.2 Å². The van der Waals surface area contributed by atoms with Crippen molar-refractivity contribution in [2.45, 2.75) is 30.7 Å². The fourth-order valence-electron chi connectivity index (χ4n) is 6.11. The summed E-state index contributed by atoms with van der Waals surface area (Å²) >= 11 is 0. The largest absolute Gasteiger partial charge is 0.504 e. The van der Waals surface area contributed by atoms with Crippen LogP contribution in [0, 0.1) is 0 Å². The number of benzene rings is 5. The van der Waals surface area contributed by atoms with Crippen molar-refractivity contribution in [3.05, 3.63) is 88.5 Å². The lowest BCUT2D eigenvalue weighted by molar-refractivity contribution is -0.282. The summed E-state index contributed by atoms with van der Waals surface area (Å²) in [4.78, 5) is 68.5. The number of hydrogen-bond acceptors (Lipinski definition) is 26. The highest BCUT2D eigenvalue weighted by molar-refractivity contribution is 5.94. The van der Waals surface area contributed by atoms with Crippen molar-refractivity contribution >= 4 is 29.8 Å². The van der Waals surface area contributed by atoms with Gasteiger partial charge < -0.3 is 105 Å². The molecular formula is C41H32O26. The fourth-order valence-corrected chi connectivity index (χ4v) is 6.11. The summed E-state index contributed by atoms with van der Waals surface area (Å²) in [5, 5.41) is 150. The van der Waals surface area contributed by atoms with Crippen LogP contribution in [0.25, 0.3) is 0 Å². The summed E-state index contributed by atoms with van der Waals surface area (Å²) in [6.07, 6.45) is -12.2. The van der Waals surface area contributed by atoms with Crippen molar-refractivity contribution in [3.63, 3.8) is 0 Å². The van der Waals surface area contributed by atoms with E-state index in [0.717, 1.165) is 0 Å². The molecule has 1 fully saturated rings. The van der Waals surface area contributed by atoms with Gasteiger partial charge in [-0.15, -0.1) is 0 Å². The van der Waals surface area contributed by atoms with Crippen molar-refractivity contribution in [1.82, 2.24) is 0 Å². The van der Waals surface area contributed by atoms with Gasteiger partial charge in [0.1, 0.15) is 12.7 Å². The van der Waals surface area contributed by atoms with Gasteiger partial charge >= 0.3 is 29.8 Å². The quantitative estimate of drug-likeness (QED) is 0.0509. The second-order valence-corrected chi connectivity index (χ2v) is 14.0. The molecule has 26 nitrogen and oxygen atoms in total. The summed E-state index contributed by atoms with van der Waals surface area (Å²) in [6, 6.07) is 5.60. The summed E-state index contributed by atoms with van der Waals surface area (Å²) in [6.45, 7) is -1.25. The highest BCUT2D eigenvalue weighted by Crippen LogP contribution is 2.41. The zero-order chi connectivity index (χ0) is 49.3. The molecule has 6 rings (SSSR count). The van der Waals surface area contributed by atoms with Crippen LogP contribution < -0.4 is 0 Å². The molecule has 1 saturated heterocycles. The third kappa shape index (κ3) is 9.67. The topological polar surface area (TPSA) is 444 Å². The lowest BCUT2D eigenvalue weighted by Crippen LogP contribution is -2.63. The second-order valence-electron chi connectivity index (χ2n) is 14.0. The summed E-state index contributed by atoms with van der Waals surface area (Å²) in [7, 11) is 0. The molecule has 67 heavy (non-hydrogen) atoms. The number of esters is 5. The van der Waals surface area contributed by atoms with E-state index in [2.05, 4.69) is 0 Å². The van der Waals surface area contributed by atoms with Gasteiger partial charge in [-0.2, -0.15) is 0 Å². The van der Waals surface area contributed by atoms with E-state index in [1.54, 1.807) is 0 Å². The van der Waals surface area contributed by atoms with Crippen molar-refractivity contribution in [2.75, 3.05) is 6.61 Å². The molecule has 0 saturated carbocycles. The Morgan fingerprint density at radius 2 is 0.582 bits per heavy atom. The van der Waals surface area contributed by atoms with Crippen molar-refractivity contribution in [2.24, 2.45) is 0 Å². The van der Waals surface area contributed by atoms with Crippen LogP contribution in [0.15, 0.2) is 60.7 Å². The first-order valence-corrected chi connectivity index (χ1v) is 18.4. The molecule has 5 aromatic rings. The maximum Gasteiger partial charge on any atom is 0.340 e. The molecule has 1 aliphatic heterocycles. The molecule has 0 aliphatic carbocycles. The number of phenols is 15. The van der Waals surface area contributed by atoms with Gasteiger partial charge in [-0.25, -0.2) is 24.0 Å². The smallest absolute Gasteiger partial charge is 0.340 e. The van der Waals surface area contributed by atoms with Crippen LogP contribution in [0.3, 0.4) is 0 Å². The molecule has 0 bridgehead atoms. The first-order valence-electron chi connectivity index (χ1n) is 18.4. The Morgan fingerprint density at radius 3 is 0.881 bits per heavy atom. The average molecular weight is 941 g/mol. The minimum atomic E-state index is -2.56. The summed E-state index contributed by atoms with van der Waals surface area (Å²) in [5.41, 5.74) is -3.88. The van der Waals surface area contributed by atoms with Gasteiger partial charge in [0.25, 0.3) is 0 Å². The Kier molecular flexibility index (Phi) is 12.8. The minimum Gasteiger partial charge on any atom is -0.504 e. The van der Waals surface area contributed by atoms with E-state index in [1.807, 2.05) is 0 Å². The van der Waals surface area contributed by atoms with Gasteiger partial charge in [0.2, 0.25) is 12.4 Å². The number of aromatic hydroxyl groups is 15. The number of carbonyl (C=O) groups is 5. The first-order chi connectivity index (χ1) is 31.4. The van der Waals surface area contributed by atoms with Gasteiger partial charge in [-0.05, 0) is 60.7 Å². The maximum absolute atomic E-state index is 13.9. The van der Waals surface area contributed by atoms with Crippen LogP contribution >= 0.6 is 0 Å². The predicted octanol–water partition coefficient (Wildman–Crippen LogP) is 1.69. The standard InChI is InChI=1S/C41H32O26/c42-17-1-12(2-18(43)28(17)52)36(57)62-11-27-33(64-37(58)13-3-19(44)29(53)20(45)4-13)34(65-38(59)14-5-21(46)30(54)22(47)6-14)35(66-39(60)15-7-23(48)31(55)24(49)8-15)41(63-27)67-40(61)16-9-25(50)32(56)26(51)10-16/h1-10,27,33-35,41-56H,11H2/t27-,33?,34+,35-,41?/m1/s1. The Morgan fingerprint density at radius 1 is 0.343 bits per heavy atom. The number of ether oxygens (including phenoxy) is 6. The van der Waals surface area contributed by atoms with E-state index in [-0.39, 0.29) is 0 Å². The third-order valence-corrected chi connectivity index (χ3v) is 9.45. The number of hydrogen-bond donors (Lipinski definition) is 15. The monoisotopic (exact) mass is 940 g/mol. The number of rotatable bonds is 11. The zero-order valence-electron chi connectivity index (χ0n) is 33.1. The third-order valence-electron chi connectivity index (χ3n) is 9.45. The van der Waals surface area contributed by atoms with Crippen LogP contribution in [-0.4, -0.2) is 144 Å². The van der Waals surface area contributed by atoms with E-state index in [1.165, 1.54) is 0 Å². The predicted molar refractivity (Wildman–Crippen MR) is 209 cm³/mol. The lowest BCUT2D eigenvalue weighted by atomic mass is 9.97. The highest BCUT2D eigenvalue weighted by Gasteiger charge is 2.55. The highest BCUT2D eigenvalue weighted by atomic mass is 16.7. The van der Waals surface area contributed by atoms with E-state index >= 15 is 0 Å². The maximum atomic E-state index is 13.9. The van der Waals surface area contributed by atoms with Crippen LogP contribution in [-0.2, 0) is 28.4 Å². The first kappa shape index (κ1) is 46.9.